The normalized spacial score (nSPS) is 9.55. The molecule has 5 heteroatoms. The fraction of sp³-hybridized carbons (Fsp3) is 0.923. The van der Waals surface area contributed by atoms with Gasteiger partial charge in [0, 0.05) is 15.8 Å². The SMILES string of the molecule is CCCC[PH+](CCCC)CCCC.CCCC[PH+](CCCC)CCCC.[CH-]=O.[CH-]=O.[Pt+2]. The first-order valence-electron chi connectivity index (χ1n) is 12.8. The topological polar surface area (TPSA) is 34.1 Å². The van der Waals surface area contributed by atoms with Crippen molar-refractivity contribution < 1.29 is 30.7 Å². The zero-order chi connectivity index (χ0) is 23.9. The summed E-state index contributed by atoms with van der Waals surface area (Å²) in [6.07, 6.45) is 26.8. The monoisotopic (exact) mass is 659 g/mol. The average molecular weight is 660 g/mol. The minimum absolute atomic E-state index is 0. The Hall–Kier alpha value is 0.888. The number of unbranched alkanes of at least 4 members (excludes halogenated alkanes) is 6. The van der Waals surface area contributed by atoms with E-state index in [2.05, 4.69) is 55.1 Å². The molecular weight excluding hydrogens is 601 g/mol. The minimum Gasteiger partial charge on any atom is -0.545 e. The van der Waals surface area contributed by atoms with Crippen LogP contribution < -0.4 is 0 Å². The summed E-state index contributed by atoms with van der Waals surface area (Å²) in [5.41, 5.74) is 0. The van der Waals surface area contributed by atoms with Gasteiger partial charge in [0.2, 0.25) is 0 Å². The molecule has 0 saturated carbocycles. The molecule has 0 aromatic carbocycles. The summed E-state index contributed by atoms with van der Waals surface area (Å²) in [4.78, 5) is 15.5. The summed E-state index contributed by atoms with van der Waals surface area (Å²) < 4.78 is 0. The molecule has 31 heavy (non-hydrogen) atoms. The zero-order valence-corrected chi connectivity index (χ0v) is 26.3. The summed E-state index contributed by atoms with van der Waals surface area (Å²) in [5.74, 6) is 0. The van der Waals surface area contributed by atoms with E-state index in [0.29, 0.717) is 0 Å². The molecule has 0 aliphatic heterocycles. The molecule has 0 atom stereocenters. The van der Waals surface area contributed by atoms with E-state index in [-0.39, 0.29) is 36.9 Å². The molecule has 0 aliphatic carbocycles. The quantitative estimate of drug-likeness (QED) is 0.0839. The second-order valence-corrected chi connectivity index (χ2v) is 14.1. The van der Waals surface area contributed by atoms with Gasteiger partial charge in [0.1, 0.15) is 0 Å². The number of carbonyl (C=O) groups excluding carboxylic acids is 2. The van der Waals surface area contributed by atoms with E-state index in [0.717, 1.165) is 0 Å². The van der Waals surface area contributed by atoms with Crippen LogP contribution in [0.4, 0.5) is 0 Å². The molecule has 0 N–H and O–H groups in total. The van der Waals surface area contributed by atoms with Gasteiger partial charge in [0.15, 0.2) is 0 Å². The molecule has 0 unspecified atom stereocenters. The van der Waals surface area contributed by atoms with Crippen LogP contribution in [0.2, 0.25) is 0 Å². The van der Waals surface area contributed by atoms with E-state index in [1.165, 1.54) is 77.0 Å². The molecule has 0 rings (SSSR count). The molecule has 0 bridgehead atoms. The first-order valence-corrected chi connectivity index (χ1v) is 17.1. The minimum atomic E-state index is 0. The number of rotatable bonds is 18. The average Bonchev–Trinajstić information content (AvgIpc) is 2.81. The van der Waals surface area contributed by atoms with Gasteiger partial charge in [0.25, 0.3) is 0 Å². The van der Waals surface area contributed by atoms with Crippen molar-refractivity contribution in [2.24, 2.45) is 0 Å². The molecule has 2 nitrogen and oxygen atoms in total. The predicted molar refractivity (Wildman–Crippen MR) is 149 cm³/mol. The Morgan fingerprint density at radius 3 is 0.613 bits per heavy atom. The molecule has 0 saturated heterocycles. The van der Waals surface area contributed by atoms with Gasteiger partial charge < -0.3 is 9.59 Å². The van der Waals surface area contributed by atoms with Gasteiger partial charge >= 0.3 is 21.1 Å². The van der Waals surface area contributed by atoms with Crippen LogP contribution in [-0.2, 0) is 30.7 Å². The van der Waals surface area contributed by atoms with Crippen molar-refractivity contribution in [2.45, 2.75) is 119 Å². The van der Waals surface area contributed by atoms with Crippen LogP contribution in [0, 0.1) is 0 Å². The van der Waals surface area contributed by atoms with Crippen LogP contribution in [0.1, 0.15) is 119 Å². The smallest absolute Gasteiger partial charge is 0.545 e. The Morgan fingerprint density at radius 1 is 0.387 bits per heavy atom. The van der Waals surface area contributed by atoms with Crippen LogP contribution in [0.25, 0.3) is 0 Å². The number of hydrogen-bond acceptors (Lipinski definition) is 2. The summed E-state index contributed by atoms with van der Waals surface area (Å²) >= 11 is 0. The van der Waals surface area contributed by atoms with Gasteiger partial charge in [-0.25, -0.2) is 0 Å². The van der Waals surface area contributed by atoms with E-state index >= 15 is 0 Å². The van der Waals surface area contributed by atoms with Crippen molar-refractivity contribution in [3.63, 3.8) is 0 Å². The summed E-state index contributed by atoms with van der Waals surface area (Å²) in [6, 6.07) is 0. The third kappa shape index (κ3) is 41.6. The number of hydrogen-bond donors (Lipinski definition) is 0. The molecule has 0 heterocycles. The zero-order valence-electron chi connectivity index (χ0n) is 22.0. The second-order valence-electron chi connectivity index (χ2n) is 8.12. The van der Waals surface area contributed by atoms with Crippen molar-refractivity contribution >= 4 is 29.4 Å². The van der Waals surface area contributed by atoms with Crippen molar-refractivity contribution in [2.75, 3.05) is 37.0 Å². The molecule has 0 aromatic heterocycles. The van der Waals surface area contributed by atoms with E-state index in [4.69, 9.17) is 9.59 Å². The maximum Gasteiger partial charge on any atom is 2.00 e. The van der Waals surface area contributed by atoms with Gasteiger partial charge in [-0.3, -0.25) is 13.6 Å². The summed E-state index contributed by atoms with van der Waals surface area (Å²) in [7, 11) is 0.135. The Kier molecular flexibility index (Phi) is 60.5. The standard InChI is InChI=1S/2C12H27P.2CHO.Pt/c2*1-4-7-10-13(11-8-5-2)12-9-6-3;2*1-2;/h2*4-12H2,1-3H3;2*1H;/q;;2*-1;+2/p+2. The molecule has 0 radical (unpaired) electrons. The van der Waals surface area contributed by atoms with Crippen molar-refractivity contribution in [1.82, 2.24) is 0 Å². The Bertz CT molecular complexity index is 208. The maximum atomic E-state index is 7.75. The molecule has 0 amide bonds. The summed E-state index contributed by atoms with van der Waals surface area (Å²) in [6.45, 7) is 20.4. The predicted octanol–water partition coefficient (Wildman–Crippen LogP) is 8.65. The first kappa shape index (κ1) is 42.1. The Balaban J connectivity index is -0.000000122. The Morgan fingerprint density at radius 2 is 0.516 bits per heavy atom. The first-order chi connectivity index (χ1) is 14.7. The molecule has 0 aliphatic rings. The van der Waals surface area contributed by atoms with Crippen molar-refractivity contribution in [3.8, 4) is 0 Å². The van der Waals surface area contributed by atoms with E-state index < -0.39 is 0 Å². The van der Waals surface area contributed by atoms with E-state index in [1.54, 1.807) is 37.0 Å². The fourth-order valence-corrected chi connectivity index (χ4v) is 9.93. The molecule has 0 spiro atoms. The van der Waals surface area contributed by atoms with Gasteiger partial charge in [-0.05, 0) is 38.5 Å². The van der Waals surface area contributed by atoms with Gasteiger partial charge in [-0.15, -0.1) is 0 Å². The van der Waals surface area contributed by atoms with Crippen LogP contribution in [0.15, 0.2) is 0 Å². The molecule has 0 fully saturated rings. The third-order valence-corrected chi connectivity index (χ3v) is 11.7. The van der Waals surface area contributed by atoms with Crippen molar-refractivity contribution in [1.29, 1.82) is 0 Å². The van der Waals surface area contributed by atoms with Gasteiger partial charge in [-0.1, -0.05) is 80.1 Å². The van der Waals surface area contributed by atoms with Crippen LogP contribution in [-0.4, -0.2) is 50.5 Å². The molecule has 192 valence electrons. The van der Waals surface area contributed by atoms with Crippen LogP contribution >= 0.6 is 15.8 Å². The van der Waals surface area contributed by atoms with E-state index in [1.807, 2.05) is 0 Å². The van der Waals surface area contributed by atoms with Gasteiger partial charge in [0.05, 0.1) is 37.0 Å². The third-order valence-electron chi connectivity index (χ3n) is 5.30. The van der Waals surface area contributed by atoms with Crippen LogP contribution in [0.5, 0.6) is 0 Å². The Labute approximate surface area is 215 Å². The second kappa shape index (κ2) is 44.5. The largest absolute Gasteiger partial charge is 2.00 e. The fourth-order valence-electron chi connectivity index (χ4n) is 3.31. The van der Waals surface area contributed by atoms with Crippen LogP contribution in [0.3, 0.4) is 0 Å². The van der Waals surface area contributed by atoms with E-state index in [9.17, 15) is 0 Å². The molecular formula is C26H58O2P2Pt+2. The maximum absolute atomic E-state index is 7.75. The summed E-state index contributed by atoms with van der Waals surface area (Å²) in [5, 5.41) is 0. The molecule has 0 aromatic rings. The van der Waals surface area contributed by atoms with Crippen molar-refractivity contribution in [3.05, 3.63) is 0 Å². The van der Waals surface area contributed by atoms with Gasteiger partial charge in [-0.2, -0.15) is 0 Å².